The van der Waals surface area contributed by atoms with Crippen molar-refractivity contribution in [2.24, 2.45) is 0 Å². The lowest BCUT2D eigenvalue weighted by Crippen LogP contribution is -2.50. The number of carbonyl (C=O) groups excluding carboxylic acids is 2. The van der Waals surface area contributed by atoms with E-state index in [9.17, 15) is 9.59 Å². The molecule has 3 aromatic rings. The van der Waals surface area contributed by atoms with Crippen LogP contribution in [0.15, 0.2) is 78.9 Å². The van der Waals surface area contributed by atoms with Crippen molar-refractivity contribution in [1.29, 1.82) is 0 Å². The molecule has 2 amide bonds. The number of benzene rings is 3. The van der Waals surface area contributed by atoms with Gasteiger partial charge in [-0.25, -0.2) is 0 Å². The first-order valence-electron chi connectivity index (χ1n) is 10.3. The molecule has 0 radical (unpaired) electrons. The molecule has 4 nitrogen and oxygen atoms in total. The first kappa shape index (κ1) is 22.6. The average Bonchev–Trinajstić information content (AvgIpc) is 2.78. The van der Waals surface area contributed by atoms with E-state index in [0.717, 1.165) is 22.3 Å². The van der Waals surface area contributed by atoms with Crippen LogP contribution in [0.1, 0.15) is 22.3 Å². The molecular weight excluding hydrogens is 408 g/mol. The summed E-state index contributed by atoms with van der Waals surface area (Å²) >= 11 is 6.30. The maximum atomic E-state index is 13.5. The molecular formula is C26H27ClN2O2. The van der Waals surface area contributed by atoms with E-state index in [4.69, 9.17) is 11.6 Å². The number of rotatable bonds is 8. The normalized spacial score (nSPS) is 11.6. The predicted molar refractivity (Wildman–Crippen MR) is 125 cm³/mol. The Morgan fingerprint density at radius 3 is 2.29 bits per heavy atom. The topological polar surface area (TPSA) is 49.4 Å². The summed E-state index contributed by atoms with van der Waals surface area (Å²) in [6, 6.07) is 24.4. The van der Waals surface area contributed by atoms with Gasteiger partial charge in [-0.2, -0.15) is 0 Å². The molecule has 0 aliphatic carbocycles. The summed E-state index contributed by atoms with van der Waals surface area (Å²) in [5.41, 5.74) is 3.83. The monoisotopic (exact) mass is 434 g/mol. The number of nitrogens with zero attached hydrogens (tertiary/aromatic N) is 1. The number of nitrogens with one attached hydrogen (secondary N) is 1. The molecule has 3 rings (SSSR count). The number of halogens is 1. The molecule has 0 saturated carbocycles. The third-order valence-corrected chi connectivity index (χ3v) is 5.62. The minimum absolute atomic E-state index is 0.133. The van der Waals surface area contributed by atoms with Crippen LogP contribution in [0.5, 0.6) is 0 Å². The van der Waals surface area contributed by atoms with Gasteiger partial charge in [-0.15, -0.1) is 0 Å². The summed E-state index contributed by atoms with van der Waals surface area (Å²) in [5, 5.41) is 3.28. The third-order valence-electron chi connectivity index (χ3n) is 5.25. The number of aryl methyl sites for hydroxylation is 1. The minimum Gasteiger partial charge on any atom is -0.357 e. The van der Waals surface area contributed by atoms with Gasteiger partial charge in [-0.1, -0.05) is 90.0 Å². The Morgan fingerprint density at radius 1 is 0.935 bits per heavy atom. The highest BCUT2D eigenvalue weighted by atomic mass is 35.5. The summed E-state index contributed by atoms with van der Waals surface area (Å²) in [6.45, 7) is 2.36. The molecule has 0 aromatic heterocycles. The predicted octanol–water partition coefficient (Wildman–Crippen LogP) is 4.58. The number of amides is 2. The van der Waals surface area contributed by atoms with Gasteiger partial charge in [0, 0.05) is 25.0 Å². The van der Waals surface area contributed by atoms with Crippen molar-refractivity contribution in [2.45, 2.75) is 32.4 Å². The second-order valence-electron chi connectivity index (χ2n) is 7.60. The van der Waals surface area contributed by atoms with E-state index in [1.807, 2.05) is 79.7 Å². The number of hydrogen-bond donors (Lipinski definition) is 1. The van der Waals surface area contributed by atoms with Crippen LogP contribution in [-0.4, -0.2) is 29.8 Å². The van der Waals surface area contributed by atoms with E-state index in [1.165, 1.54) is 0 Å². The SMILES string of the molecule is CNC(=O)[C@@H](Cc1ccccc1)N(Cc1cccc(C)c1)C(=O)Cc1ccccc1Cl. The van der Waals surface area contributed by atoms with Crippen molar-refractivity contribution in [3.05, 3.63) is 106 Å². The zero-order valence-corrected chi connectivity index (χ0v) is 18.6. The Balaban J connectivity index is 1.95. The van der Waals surface area contributed by atoms with Gasteiger partial charge in [0.25, 0.3) is 0 Å². The third kappa shape index (κ3) is 6.19. The summed E-state index contributed by atoms with van der Waals surface area (Å²) in [7, 11) is 1.60. The van der Waals surface area contributed by atoms with E-state index >= 15 is 0 Å². The molecule has 160 valence electrons. The van der Waals surface area contributed by atoms with Gasteiger partial charge in [0.05, 0.1) is 6.42 Å². The second kappa shape index (κ2) is 10.8. The Hall–Kier alpha value is -3.11. The molecule has 0 aliphatic rings. The van der Waals surface area contributed by atoms with Crippen LogP contribution in [0.4, 0.5) is 0 Å². The first-order chi connectivity index (χ1) is 15.0. The van der Waals surface area contributed by atoms with Crippen LogP contribution in [0.2, 0.25) is 5.02 Å². The Bertz CT molecular complexity index is 1040. The number of carbonyl (C=O) groups is 2. The molecule has 0 fully saturated rings. The fourth-order valence-corrected chi connectivity index (χ4v) is 3.84. The van der Waals surface area contributed by atoms with Gasteiger partial charge in [-0.05, 0) is 29.7 Å². The smallest absolute Gasteiger partial charge is 0.242 e. The molecule has 0 spiro atoms. The van der Waals surface area contributed by atoms with Gasteiger partial charge in [-0.3, -0.25) is 9.59 Å². The first-order valence-corrected chi connectivity index (χ1v) is 10.7. The molecule has 3 aromatic carbocycles. The van der Waals surface area contributed by atoms with Gasteiger partial charge in [0.1, 0.15) is 6.04 Å². The van der Waals surface area contributed by atoms with Crippen LogP contribution < -0.4 is 5.32 Å². The average molecular weight is 435 g/mol. The molecule has 1 atom stereocenters. The molecule has 0 bridgehead atoms. The highest BCUT2D eigenvalue weighted by molar-refractivity contribution is 6.31. The van der Waals surface area contributed by atoms with Crippen molar-refractivity contribution < 1.29 is 9.59 Å². The maximum Gasteiger partial charge on any atom is 0.242 e. The van der Waals surface area contributed by atoms with Gasteiger partial charge < -0.3 is 10.2 Å². The zero-order chi connectivity index (χ0) is 22.2. The highest BCUT2D eigenvalue weighted by Gasteiger charge is 2.30. The quantitative estimate of drug-likeness (QED) is 0.564. The highest BCUT2D eigenvalue weighted by Crippen LogP contribution is 2.20. The van der Waals surface area contributed by atoms with E-state index in [1.54, 1.807) is 18.0 Å². The summed E-state index contributed by atoms with van der Waals surface area (Å²) in [6.07, 6.45) is 0.564. The lowest BCUT2D eigenvalue weighted by Gasteiger charge is -2.31. The van der Waals surface area contributed by atoms with Crippen LogP contribution in [0, 0.1) is 6.92 Å². The second-order valence-corrected chi connectivity index (χ2v) is 8.01. The molecule has 0 heterocycles. The van der Waals surface area contributed by atoms with Crippen LogP contribution in [-0.2, 0) is 29.0 Å². The fourth-order valence-electron chi connectivity index (χ4n) is 3.63. The summed E-state index contributed by atoms with van der Waals surface area (Å²) in [5.74, 6) is -0.330. The van der Waals surface area contributed by atoms with Gasteiger partial charge in [0.2, 0.25) is 11.8 Å². The lowest BCUT2D eigenvalue weighted by atomic mass is 10.0. The number of hydrogen-bond acceptors (Lipinski definition) is 2. The Morgan fingerprint density at radius 2 is 1.61 bits per heavy atom. The Labute approximate surface area is 188 Å². The number of likely N-dealkylation sites (N-methyl/N-ethyl adjacent to an activating group) is 1. The van der Waals surface area contributed by atoms with Crippen LogP contribution in [0.25, 0.3) is 0 Å². The minimum atomic E-state index is -0.636. The van der Waals surface area contributed by atoms with Crippen molar-refractivity contribution in [2.75, 3.05) is 7.05 Å². The van der Waals surface area contributed by atoms with Gasteiger partial charge in [0.15, 0.2) is 0 Å². The van der Waals surface area contributed by atoms with Crippen molar-refractivity contribution in [1.82, 2.24) is 10.2 Å². The van der Waals surface area contributed by atoms with Crippen molar-refractivity contribution in [3.8, 4) is 0 Å². The van der Waals surface area contributed by atoms with Crippen LogP contribution >= 0.6 is 11.6 Å². The van der Waals surface area contributed by atoms with E-state index < -0.39 is 6.04 Å². The van der Waals surface area contributed by atoms with E-state index in [-0.39, 0.29) is 18.2 Å². The Kier molecular flexibility index (Phi) is 7.85. The van der Waals surface area contributed by atoms with E-state index in [2.05, 4.69) is 5.32 Å². The molecule has 0 unspecified atom stereocenters. The van der Waals surface area contributed by atoms with Gasteiger partial charge >= 0.3 is 0 Å². The lowest BCUT2D eigenvalue weighted by molar-refractivity contribution is -0.140. The molecule has 5 heteroatoms. The molecule has 0 aliphatic heterocycles. The molecule has 0 saturated heterocycles. The molecule has 31 heavy (non-hydrogen) atoms. The molecule has 1 N–H and O–H groups in total. The zero-order valence-electron chi connectivity index (χ0n) is 17.8. The maximum absolute atomic E-state index is 13.5. The summed E-state index contributed by atoms with van der Waals surface area (Å²) in [4.78, 5) is 28.1. The largest absolute Gasteiger partial charge is 0.357 e. The standard InChI is InChI=1S/C26H27ClN2O2/c1-19-9-8-12-21(15-19)18-29(25(30)17-22-13-6-7-14-23(22)27)24(26(31)28-2)16-20-10-4-3-5-11-20/h3-15,24H,16-18H2,1-2H3,(H,28,31)/t24-/m1/s1. The van der Waals surface area contributed by atoms with Crippen molar-refractivity contribution >= 4 is 23.4 Å². The van der Waals surface area contributed by atoms with Crippen molar-refractivity contribution in [3.63, 3.8) is 0 Å². The van der Waals surface area contributed by atoms with E-state index in [0.29, 0.717) is 18.0 Å². The van der Waals surface area contributed by atoms with Crippen LogP contribution in [0.3, 0.4) is 0 Å². The fraction of sp³-hybridized carbons (Fsp3) is 0.231. The summed E-state index contributed by atoms with van der Waals surface area (Å²) < 4.78 is 0.